The molecule has 0 amide bonds. The molecule has 0 radical (unpaired) electrons. The highest BCUT2D eigenvalue weighted by Gasteiger charge is 2.48. The molecule has 3 heterocycles. The lowest BCUT2D eigenvalue weighted by molar-refractivity contribution is -0.673. The van der Waals surface area contributed by atoms with Crippen molar-refractivity contribution in [2.75, 3.05) is 18.0 Å². The molecule has 318 valence electrons. The second kappa shape index (κ2) is 16.2. The molecule has 8 rings (SSSR count). The van der Waals surface area contributed by atoms with Gasteiger partial charge in [0.25, 0.3) is 0 Å². The number of ketones is 2. The maximum Gasteiger partial charge on any atom is 0.335 e. The number of hydrogen-bond donors (Lipinski definition) is 3. The van der Waals surface area contributed by atoms with E-state index < -0.39 is 16.8 Å². The largest absolute Gasteiger partial charge is 0.506 e. The lowest BCUT2D eigenvalue weighted by atomic mass is 9.76. The molecule has 4 aromatic rings. The number of aliphatic hydroxyl groups excluding tert-OH is 2. The summed E-state index contributed by atoms with van der Waals surface area (Å²) in [6, 6.07) is 23.3. The first kappa shape index (κ1) is 42.3. The predicted octanol–water partition coefficient (Wildman–Crippen LogP) is 10.5. The Morgan fingerprint density at radius 3 is 2.13 bits per heavy atom. The molecule has 2 aliphatic carbocycles. The highest BCUT2D eigenvalue weighted by molar-refractivity contribution is 6.40. The number of fused-ring (bicyclic) bond motifs is 3. The Hall–Kier alpha value is -6.35. The number of pyridine rings is 1. The standard InChI is InChI=1S/C53H55N3O6/c1-8-11-24-54-35(21-18-32-16-14-15-17-41(32)54)29-36-47(57)37(48(36)58)30-44-52(4,5)39-27-33(19-22-42(39)55(44)25-12-9-2)46-49(59)38(50(46)60)31-45-53(6,7)40-28-34(51(61)62)20-23-43(40)56(45)26-13-10-3/h14-23,27-31H,8-13,24-26H2,1-7H3,(H-2,57,58,59,60,61,62)/p+2. The summed E-state index contributed by atoms with van der Waals surface area (Å²) in [5.41, 5.74) is 8.02. The quantitative estimate of drug-likeness (QED) is 0.0854. The Morgan fingerprint density at radius 1 is 0.726 bits per heavy atom. The van der Waals surface area contributed by atoms with Crippen molar-refractivity contribution in [3.8, 4) is 0 Å². The summed E-state index contributed by atoms with van der Waals surface area (Å²) in [7, 11) is 0. The van der Waals surface area contributed by atoms with E-state index in [0.717, 1.165) is 95.6 Å². The van der Waals surface area contributed by atoms with Gasteiger partial charge in [0, 0.05) is 77.5 Å². The maximum atomic E-state index is 14.1. The van der Waals surface area contributed by atoms with Gasteiger partial charge in [-0.2, -0.15) is 9.14 Å². The van der Waals surface area contributed by atoms with Crippen molar-refractivity contribution in [1.82, 2.24) is 0 Å². The van der Waals surface area contributed by atoms with Crippen LogP contribution < -0.4 is 9.47 Å². The lowest BCUT2D eigenvalue weighted by Gasteiger charge is -2.29. The molecule has 2 aliphatic heterocycles. The first-order valence-electron chi connectivity index (χ1n) is 22.1. The normalized spacial score (nSPS) is 19.6. The predicted molar refractivity (Wildman–Crippen MR) is 245 cm³/mol. The molecule has 0 saturated heterocycles. The van der Waals surface area contributed by atoms with Crippen molar-refractivity contribution >= 4 is 57.2 Å². The first-order chi connectivity index (χ1) is 29.6. The number of Topliss-reactive ketones (excluding diaryl/α,β-unsaturated/α-hetero) is 2. The van der Waals surface area contributed by atoms with Crippen LogP contribution in [0.5, 0.6) is 0 Å². The number of carbonyl (C=O) groups is 3. The zero-order valence-electron chi connectivity index (χ0n) is 36.9. The summed E-state index contributed by atoms with van der Waals surface area (Å²) in [5, 5.41) is 34.0. The Morgan fingerprint density at radius 2 is 1.44 bits per heavy atom. The molecular weight excluding hydrogens is 775 g/mol. The minimum Gasteiger partial charge on any atom is -0.506 e. The van der Waals surface area contributed by atoms with Crippen LogP contribution in [0.15, 0.2) is 119 Å². The van der Waals surface area contributed by atoms with Gasteiger partial charge in [0.15, 0.2) is 5.71 Å². The molecule has 3 N–H and O–H groups in total. The van der Waals surface area contributed by atoms with E-state index in [1.54, 1.807) is 24.3 Å². The number of para-hydroxylation sites is 1. The number of benzene rings is 3. The van der Waals surface area contributed by atoms with Crippen LogP contribution in [0.1, 0.15) is 120 Å². The van der Waals surface area contributed by atoms with Gasteiger partial charge in [-0.1, -0.05) is 72.1 Å². The van der Waals surface area contributed by atoms with Crippen molar-refractivity contribution in [1.29, 1.82) is 0 Å². The molecule has 3 aromatic carbocycles. The Labute approximate surface area is 364 Å². The van der Waals surface area contributed by atoms with Crippen LogP contribution in [0.3, 0.4) is 0 Å². The number of carbonyl (C=O) groups excluding carboxylic acids is 2. The second-order valence-electron chi connectivity index (χ2n) is 18.0. The zero-order chi connectivity index (χ0) is 44.2. The number of hydrogen-bond acceptors (Lipinski definition) is 6. The van der Waals surface area contributed by atoms with Crippen molar-refractivity contribution in [2.24, 2.45) is 0 Å². The third-order valence-corrected chi connectivity index (χ3v) is 13.3. The molecule has 0 spiro atoms. The molecule has 4 aliphatic rings. The number of aromatic carboxylic acids is 1. The number of rotatable bonds is 14. The fourth-order valence-electron chi connectivity index (χ4n) is 9.60. The summed E-state index contributed by atoms with van der Waals surface area (Å²) >= 11 is 0. The number of carboxylic acids is 1. The van der Waals surface area contributed by atoms with E-state index in [4.69, 9.17) is 0 Å². The minimum atomic E-state index is -0.996. The Bertz CT molecular complexity index is 2790. The van der Waals surface area contributed by atoms with Gasteiger partial charge >= 0.3 is 5.97 Å². The topological polar surface area (TPSA) is 122 Å². The fourth-order valence-corrected chi connectivity index (χ4v) is 9.60. The van der Waals surface area contributed by atoms with Gasteiger partial charge in [-0.05, 0) is 73.9 Å². The van der Waals surface area contributed by atoms with Gasteiger partial charge in [0.2, 0.25) is 28.5 Å². The molecule has 9 heteroatoms. The smallest absolute Gasteiger partial charge is 0.335 e. The van der Waals surface area contributed by atoms with Gasteiger partial charge in [0.1, 0.15) is 24.6 Å². The number of aryl methyl sites for hydroxylation is 1. The van der Waals surface area contributed by atoms with Crippen LogP contribution >= 0.6 is 0 Å². The number of nitrogens with zero attached hydrogens (tertiary/aromatic N) is 3. The lowest BCUT2D eigenvalue weighted by Crippen LogP contribution is -2.38. The molecule has 9 nitrogen and oxygen atoms in total. The monoisotopic (exact) mass is 831 g/mol. The molecule has 0 saturated carbocycles. The molecule has 62 heavy (non-hydrogen) atoms. The van der Waals surface area contributed by atoms with Gasteiger partial charge in [-0.25, -0.2) is 4.79 Å². The Kier molecular flexibility index (Phi) is 11.0. The van der Waals surface area contributed by atoms with Crippen LogP contribution in [0.25, 0.3) is 22.6 Å². The molecule has 0 unspecified atom stereocenters. The zero-order valence-corrected chi connectivity index (χ0v) is 36.9. The van der Waals surface area contributed by atoms with E-state index in [1.165, 1.54) is 0 Å². The second-order valence-corrected chi connectivity index (χ2v) is 18.0. The van der Waals surface area contributed by atoms with Crippen molar-refractivity contribution in [3.63, 3.8) is 0 Å². The average molecular weight is 832 g/mol. The van der Waals surface area contributed by atoms with E-state index in [0.29, 0.717) is 24.2 Å². The third-order valence-electron chi connectivity index (χ3n) is 13.3. The van der Waals surface area contributed by atoms with Crippen LogP contribution in [-0.2, 0) is 27.0 Å². The number of aliphatic hydroxyl groups is 2. The summed E-state index contributed by atoms with van der Waals surface area (Å²) in [6.07, 6.45) is 11.2. The summed E-state index contributed by atoms with van der Waals surface area (Å²) in [4.78, 5) is 42.2. The third kappa shape index (κ3) is 6.82. The molecule has 1 aromatic heterocycles. The molecular formula is C53H57N3O6+2. The number of carboxylic acid groups (broad SMARTS) is 1. The summed E-state index contributed by atoms with van der Waals surface area (Å²) in [6.45, 7) is 16.8. The molecule has 0 bridgehead atoms. The van der Waals surface area contributed by atoms with Crippen LogP contribution in [0, 0.1) is 0 Å². The number of unbranched alkanes of at least 4 members (excludes halogenated alkanes) is 3. The highest BCUT2D eigenvalue weighted by atomic mass is 16.4. The number of allylic oxidation sites excluding steroid dienone is 7. The van der Waals surface area contributed by atoms with Crippen LogP contribution in [-0.4, -0.2) is 56.2 Å². The average Bonchev–Trinajstić information content (AvgIpc) is 3.60. The fraction of sp³-hybridized carbons (Fsp3) is 0.340. The van der Waals surface area contributed by atoms with Crippen molar-refractivity contribution < 1.29 is 38.8 Å². The maximum absolute atomic E-state index is 14.1. The number of anilines is 1. The Balaban J connectivity index is 1.14. The van der Waals surface area contributed by atoms with Gasteiger partial charge in [-0.3, -0.25) is 9.59 Å². The minimum absolute atomic E-state index is 0.0166. The van der Waals surface area contributed by atoms with Crippen molar-refractivity contribution in [2.45, 2.75) is 104 Å². The van der Waals surface area contributed by atoms with Gasteiger partial charge < -0.3 is 20.2 Å². The summed E-state index contributed by atoms with van der Waals surface area (Å²) < 4.78 is 4.37. The van der Waals surface area contributed by atoms with E-state index in [2.05, 4.69) is 66.9 Å². The van der Waals surface area contributed by atoms with E-state index in [1.807, 2.05) is 62.4 Å². The van der Waals surface area contributed by atoms with E-state index in [9.17, 15) is 29.7 Å². The van der Waals surface area contributed by atoms with Crippen LogP contribution in [0.4, 0.5) is 11.4 Å². The SMILES string of the molecule is CCCCN1/C(=C/C2=C(O)C(=C/c3ccc4ccccc4[n+]3CCCC)/C2=O)C(C)(C)c2cc(C3=C(O)/C(=C/C4=[N+](CCCC)c5ccc(C(=O)O)cc5C4(C)C)C3=O)ccc21. The first-order valence-corrected chi connectivity index (χ1v) is 22.1. The molecule has 0 fully saturated rings. The van der Waals surface area contributed by atoms with Crippen molar-refractivity contribution in [3.05, 3.63) is 147 Å². The number of aromatic nitrogens is 1. The van der Waals surface area contributed by atoms with E-state index >= 15 is 0 Å². The summed E-state index contributed by atoms with van der Waals surface area (Å²) in [5.74, 6) is -1.54. The van der Waals surface area contributed by atoms with Gasteiger partial charge in [0.05, 0.1) is 33.3 Å². The van der Waals surface area contributed by atoms with Crippen LogP contribution in [0.2, 0.25) is 0 Å². The van der Waals surface area contributed by atoms with Gasteiger partial charge in [-0.15, -0.1) is 0 Å². The highest BCUT2D eigenvalue weighted by Crippen LogP contribution is 2.51. The molecule has 0 atom stereocenters. The van der Waals surface area contributed by atoms with E-state index in [-0.39, 0.29) is 45.4 Å².